The van der Waals surface area contributed by atoms with Crippen LogP contribution in [0.3, 0.4) is 0 Å². The standard InChI is InChI=1S/C12H18BrN3O2/c1-12(2,11(14)16-17)4-3-5-18-10-6-9(13)7-15-8-10/h6-8,17H,3-5H2,1-2H3,(H2,14,16). The first-order chi connectivity index (χ1) is 8.45. The molecule has 5 nitrogen and oxygen atoms in total. The lowest BCUT2D eigenvalue weighted by Crippen LogP contribution is -2.32. The van der Waals surface area contributed by atoms with Crippen LogP contribution in [0.5, 0.6) is 5.75 Å². The predicted octanol–water partition coefficient (Wildman–Crippen LogP) is 2.78. The van der Waals surface area contributed by atoms with Gasteiger partial charge in [0.05, 0.1) is 12.8 Å². The second kappa shape index (κ2) is 6.58. The molecule has 0 fully saturated rings. The van der Waals surface area contributed by atoms with E-state index >= 15 is 0 Å². The van der Waals surface area contributed by atoms with Crippen LogP contribution in [0.25, 0.3) is 0 Å². The van der Waals surface area contributed by atoms with Crippen molar-refractivity contribution in [2.24, 2.45) is 16.3 Å². The van der Waals surface area contributed by atoms with Crippen LogP contribution >= 0.6 is 15.9 Å². The lowest BCUT2D eigenvalue weighted by molar-refractivity contribution is 0.277. The molecule has 0 aliphatic carbocycles. The molecule has 0 aliphatic rings. The van der Waals surface area contributed by atoms with Crippen molar-refractivity contribution >= 4 is 21.8 Å². The summed E-state index contributed by atoms with van der Waals surface area (Å²) in [6, 6.07) is 1.86. The van der Waals surface area contributed by atoms with E-state index in [1.54, 1.807) is 12.4 Å². The highest BCUT2D eigenvalue weighted by molar-refractivity contribution is 9.10. The summed E-state index contributed by atoms with van der Waals surface area (Å²) >= 11 is 3.33. The molecule has 0 saturated carbocycles. The first kappa shape index (κ1) is 14.8. The predicted molar refractivity (Wildman–Crippen MR) is 73.9 cm³/mol. The van der Waals surface area contributed by atoms with E-state index in [9.17, 15) is 0 Å². The molecule has 0 radical (unpaired) electrons. The van der Waals surface area contributed by atoms with Gasteiger partial charge in [-0.05, 0) is 34.8 Å². The maximum atomic E-state index is 8.65. The van der Waals surface area contributed by atoms with Gasteiger partial charge in [0.2, 0.25) is 0 Å². The molecule has 1 rings (SSSR count). The number of oxime groups is 1. The van der Waals surface area contributed by atoms with Crippen molar-refractivity contribution in [3.05, 3.63) is 22.9 Å². The summed E-state index contributed by atoms with van der Waals surface area (Å²) in [5.41, 5.74) is 5.28. The molecule has 0 aromatic carbocycles. The molecule has 1 aromatic heterocycles. The van der Waals surface area contributed by atoms with Crippen molar-refractivity contribution in [2.75, 3.05) is 6.61 Å². The van der Waals surface area contributed by atoms with Gasteiger partial charge in [-0.15, -0.1) is 0 Å². The molecule has 0 unspecified atom stereocenters. The molecule has 1 aromatic rings. The van der Waals surface area contributed by atoms with Crippen LogP contribution in [0, 0.1) is 5.41 Å². The highest BCUT2D eigenvalue weighted by atomic mass is 79.9. The zero-order valence-corrected chi connectivity index (χ0v) is 12.1. The summed E-state index contributed by atoms with van der Waals surface area (Å²) in [5.74, 6) is 0.970. The number of aromatic nitrogens is 1. The van der Waals surface area contributed by atoms with Crippen molar-refractivity contribution in [1.29, 1.82) is 0 Å². The molecule has 0 aliphatic heterocycles. The number of halogens is 1. The van der Waals surface area contributed by atoms with E-state index in [1.807, 2.05) is 19.9 Å². The maximum absolute atomic E-state index is 8.65. The number of nitrogens with zero attached hydrogens (tertiary/aromatic N) is 2. The smallest absolute Gasteiger partial charge is 0.144 e. The van der Waals surface area contributed by atoms with Crippen LogP contribution in [0.2, 0.25) is 0 Å². The van der Waals surface area contributed by atoms with Gasteiger partial charge in [0.25, 0.3) is 0 Å². The molecule has 6 heteroatoms. The van der Waals surface area contributed by atoms with E-state index in [1.165, 1.54) is 0 Å². The van der Waals surface area contributed by atoms with Crippen LogP contribution < -0.4 is 10.5 Å². The zero-order chi connectivity index (χ0) is 13.6. The molecule has 0 spiro atoms. The van der Waals surface area contributed by atoms with Crippen LogP contribution in [-0.4, -0.2) is 22.6 Å². The Labute approximate surface area is 115 Å². The molecule has 0 saturated heterocycles. The maximum Gasteiger partial charge on any atom is 0.144 e. The van der Waals surface area contributed by atoms with E-state index in [4.69, 9.17) is 15.7 Å². The van der Waals surface area contributed by atoms with E-state index in [0.29, 0.717) is 6.61 Å². The molecular weight excluding hydrogens is 298 g/mol. The normalized spacial score (nSPS) is 12.5. The fourth-order valence-corrected chi connectivity index (χ4v) is 1.78. The Morgan fingerprint density at radius 3 is 2.89 bits per heavy atom. The number of nitrogens with two attached hydrogens (primary N) is 1. The average molecular weight is 316 g/mol. The fourth-order valence-electron chi connectivity index (χ4n) is 1.44. The van der Waals surface area contributed by atoms with E-state index in [2.05, 4.69) is 26.1 Å². The Bertz CT molecular complexity index is 422. The number of pyridine rings is 1. The highest BCUT2D eigenvalue weighted by Gasteiger charge is 2.22. The van der Waals surface area contributed by atoms with Crippen molar-refractivity contribution in [2.45, 2.75) is 26.7 Å². The summed E-state index contributed by atoms with van der Waals surface area (Å²) < 4.78 is 6.45. The molecule has 100 valence electrons. The summed E-state index contributed by atoms with van der Waals surface area (Å²) in [6.07, 6.45) is 4.97. The van der Waals surface area contributed by atoms with Crippen LogP contribution in [-0.2, 0) is 0 Å². The third-order valence-electron chi connectivity index (χ3n) is 2.70. The van der Waals surface area contributed by atoms with Crippen LogP contribution in [0.15, 0.2) is 28.1 Å². The van der Waals surface area contributed by atoms with Gasteiger partial charge >= 0.3 is 0 Å². The largest absolute Gasteiger partial charge is 0.492 e. The van der Waals surface area contributed by atoms with Gasteiger partial charge < -0.3 is 15.7 Å². The summed E-state index contributed by atoms with van der Waals surface area (Å²) in [5, 5.41) is 11.7. The molecule has 0 atom stereocenters. The van der Waals surface area contributed by atoms with Crippen molar-refractivity contribution < 1.29 is 9.94 Å². The number of rotatable bonds is 6. The lowest BCUT2D eigenvalue weighted by atomic mass is 9.87. The minimum Gasteiger partial charge on any atom is -0.492 e. The SMILES string of the molecule is CC(C)(CCCOc1cncc(Br)c1)C(N)=NO. The minimum absolute atomic E-state index is 0.242. The number of ether oxygens (including phenoxy) is 1. The second-order valence-electron chi connectivity index (χ2n) is 4.66. The number of amidine groups is 1. The Hall–Kier alpha value is -1.30. The first-order valence-electron chi connectivity index (χ1n) is 5.67. The van der Waals surface area contributed by atoms with Gasteiger partial charge in [0.1, 0.15) is 11.6 Å². The van der Waals surface area contributed by atoms with Gasteiger partial charge in [0.15, 0.2) is 0 Å². The van der Waals surface area contributed by atoms with E-state index in [0.717, 1.165) is 23.1 Å². The Balaban J connectivity index is 2.35. The molecule has 1 heterocycles. The molecule has 18 heavy (non-hydrogen) atoms. The number of hydrogen-bond acceptors (Lipinski definition) is 4. The highest BCUT2D eigenvalue weighted by Crippen LogP contribution is 2.23. The number of hydrogen-bond donors (Lipinski definition) is 2. The fraction of sp³-hybridized carbons (Fsp3) is 0.500. The molecule has 0 amide bonds. The zero-order valence-electron chi connectivity index (χ0n) is 10.6. The third kappa shape index (κ3) is 4.52. The lowest BCUT2D eigenvalue weighted by Gasteiger charge is -2.22. The Morgan fingerprint density at radius 2 is 2.28 bits per heavy atom. The van der Waals surface area contributed by atoms with Crippen LogP contribution in [0.1, 0.15) is 26.7 Å². The van der Waals surface area contributed by atoms with Crippen LogP contribution in [0.4, 0.5) is 0 Å². The Kier molecular flexibility index (Phi) is 5.40. The van der Waals surface area contributed by atoms with Gasteiger partial charge in [0, 0.05) is 16.1 Å². The summed E-state index contributed by atoms with van der Waals surface area (Å²) in [4.78, 5) is 4.01. The second-order valence-corrected chi connectivity index (χ2v) is 5.58. The van der Waals surface area contributed by atoms with Gasteiger partial charge in [-0.2, -0.15) is 0 Å². The van der Waals surface area contributed by atoms with E-state index < -0.39 is 0 Å². The topological polar surface area (TPSA) is 80.7 Å². The monoisotopic (exact) mass is 315 g/mol. The molecule has 0 bridgehead atoms. The van der Waals surface area contributed by atoms with Gasteiger partial charge in [-0.25, -0.2) is 0 Å². The minimum atomic E-state index is -0.326. The third-order valence-corrected chi connectivity index (χ3v) is 3.13. The quantitative estimate of drug-likeness (QED) is 0.278. The first-order valence-corrected chi connectivity index (χ1v) is 6.46. The van der Waals surface area contributed by atoms with Gasteiger partial charge in [-0.1, -0.05) is 19.0 Å². The van der Waals surface area contributed by atoms with E-state index in [-0.39, 0.29) is 11.3 Å². The summed E-state index contributed by atoms with van der Waals surface area (Å²) in [7, 11) is 0. The summed E-state index contributed by atoms with van der Waals surface area (Å²) in [6.45, 7) is 4.44. The molecular formula is C12H18BrN3O2. The van der Waals surface area contributed by atoms with Gasteiger partial charge in [-0.3, -0.25) is 4.98 Å². The Morgan fingerprint density at radius 1 is 1.56 bits per heavy atom. The molecule has 3 N–H and O–H groups in total. The van der Waals surface area contributed by atoms with Crippen molar-refractivity contribution in [1.82, 2.24) is 4.98 Å². The van der Waals surface area contributed by atoms with Crippen molar-refractivity contribution in [3.8, 4) is 5.75 Å². The van der Waals surface area contributed by atoms with Crippen molar-refractivity contribution in [3.63, 3.8) is 0 Å². The average Bonchev–Trinajstić information content (AvgIpc) is 2.33.